The van der Waals surface area contributed by atoms with Crippen LogP contribution in [0.3, 0.4) is 0 Å². The molecule has 5 nitrogen and oxygen atoms in total. The Kier molecular flexibility index (Phi) is 4.65. The van der Waals surface area contributed by atoms with Gasteiger partial charge in [0.1, 0.15) is 5.71 Å². The highest BCUT2D eigenvalue weighted by Gasteiger charge is 2.19. The predicted molar refractivity (Wildman–Crippen MR) is 103 cm³/mol. The minimum absolute atomic E-state index is 0.673. The van der Waals surface area contributed by atoms with Gasteiger partial charge in [-0.3, -0.25) is 4.90 Å². The zero-order chi connectivity index (χ0) is 17.2. The van der Waals surface area contributed by atoms with Crippen molar-refractivity contribution in [2.45, 2.75) is 9.79 Å². The van der Waals surface area contributed by atoms with Gasteiger partial charge in [0.25, 0.3) is 0 Å². The summed E-state index contributed by atoms with van der Waals surface area (Å²) in [6.45, 7) is 4.78. The molecule has 6 heteroatoms. The van der Waals surface area contributed by atoms with Gasteiger partial charge in [-0.15, -0.1) is 0 Å². The van der Waals surface area contributed by atoms with Crippen LogP contribution in [0.2, 0.25) is 0 Å². The first-order valence-electron chi connectivity index (χ1n) is 8.53. The molecule has 0 unspecified atom stereocenters. The summed E-state index contributed by atoms with van der Waals surface area (Å²) in [5.41, 5.74) is 3.88. The molecule has 0 saturated carbocycles. The maximum absolute atomic E-state index is 9.55. The third-order valence-electron chi connectivity index (χ3n) is 4.78. The number of hydrogen-bond acceptors (Lipinski definition) is 6. The van der Waals surface area contributed by atoms with Crippen LogP contribution in [0.4, 0.5) is 11.4 Å². The van der Waals surface area contributed by atoms with Crippen molar-refractivity contribution < 1.29 is 5.21 Å². The lowest BCUT2D eigenvalue weighted by Crippen LogP contribution is -2.46. The second-order valence-electron chi connectivity index (χ2n) is 6.56. The third-order valence-corrected chi connectivity index (χ3v) is 5.93. The van der Waals surface area contributed by atoms with Crippen LogP contribution in [0.5, 0.6) is 0 Å². The molecule has 2 aliphatic rings. The molecular formula is C19H22N4OS. The van der Waals surface area contributed by atoms with Crippen molar-refractivity contribution in [3.63, 3.8) is 0 Å². The lowest BCUT2D eigenvalue weighted by molar-refractivity contribution is 0.169. The van der Waals surface area contributed by atoms with Crippen molar-refractivity contribution in [2.24, 2.45) is 5.16 Å². The van der Waals surface area contributed by atoms with E-state index in [0.717, 1.165) is 48.8 Å². The maximum atomic E-state index is 9.55. The summed E-state index contributed by atoms with van der Waals surface area (Å²) in [5.74, 6) is 0. The van der Waals surface area contributed by atoms with E-state index in [9.17, 15) is 5.21 Å². The molecule has 2 heterocycles. The van der Waals surface area contributed by atoms with Crippen molar-refractivity contribution in [3.8, 4) is 0 Å². The molecule has 0 radical (unpaired) electrons. The highest BCUT2D eigenvalue weighted by atomic mass is 32.2. The van der Waals surface area contributed by atoms with E-state index in [4.69, 9.17) is 0 Å². The van der Waals surface area contributed by atoms with Crippen molar-refractivity contribution in [1.29, 1.82) is 0 Å². The fourth-order valence-electron chi connectivity index (χ4n) is 3.22. The summed E-state index contributed by atoms with van der Waals surface area (Å²) >= 11 is 1.77. The smallest absolute Gasteiger partial charge is 0.101 e. The summed E-state index contributed by atoms with van der Waals surface area (Å²) in [6.07, 6.45) is 0. The quantitative estimate of drug-likeness (QED) is 0.429. The molecule has 130 valence electrons. The van der Waals surface area contributed by atoms with E-state index in [-0.39, 0.29) is 0 Å². The number of benzene rings is 2. The average Bonchev–Trinajstić information content (AvgIpc) is 2.65. The van der Waals surface area contributed by atoms with Crippen LogP contribution in [0.1, 0.15) is 5.56 Å². The van der Waals surface area contributed by atoms with E-state index in [1.54, 1.807) is 11.8 Å². The van der Waals surface area contributed by atoms with Gasteiger partial charge in [0, 0.05) is 48.1 Å². The third kappa shape index (κ3) is 3.51. The number of likely N-dealkylation sites (N-methyl/N-ethyl adjacent to an activating group) is 1. The van der Waals surface area contributed by atoms with Crippen LogP contribution in [-0.4, -0.2) is 60.5 Å². The summed E-state index contributed by atoms with van der Waals surface area (Å²) in [7, 11) is 2.14. The molecule has 1 saturated heterocycles. The van der Waals surface area contributed by atoms with E-state index in [2.05, 4.69) is 57.7 Å². The molecule has 0 aromatic heterocycles. The molecule has 0 spiro atoms. The SMILES string of the molecule is CN1CCN(CC(=NO)c2ccc3c(c2)Nc2ccccc2S3)CC1. The van der Waals surface area contributed by atoms with Crippen LogP contribution in [-0.2, 0) is 0 Å². The topological polar surface area (TPSA) is 51.1 Å². The standard InChI is InChI=1S/C19H22N4OS/c1-22-8-10-23(11-9-22)13-17(21-24)14-6-7-19-16(12-14)20-15-4-2-3-5-18(15)25-19/h2-7,12,20,24H,8-11,13H2,1H3. The Bertz CT molecular complexity index is 800. The second-order valence-corrected chi connectivity index (χ2v) is 7.64. The molecule has 0 amide bonds. The molecule has 4 rings (SSSR count). The summed E-state index contributed by atoms with van der Waals surface area (Å²) < 4.78 is 0. The first-order chi connectivity index (χ1) is 12.2. The molecule has 2 N–H and O–H groups in total. The number of fused-ring (bicyclic) bond motifs is 2. The molecule has 2 aromatic rings. The van der Waals surface area contributed by atoms with Gasteiger partial charge in [0.2, 0.25) is 0 Å². The minimum atomic E-state index is 0.673. The lowest BCUT2D eigenvalue weighted by atomic mass is 10.1. The Balaban J connectivity index is 1.53. The summed E-state index contributed by atoms with van der Waals surface area (Å²) in [5, 5.41) is 16.6. The average molecular weight is 354 g/mol. The van der Waals surface area contributed by atoms with Gasteiger partial charge in [0.05, 0.1) is 11.4 Å². The zero-order valence-electron chi connectivity index (χ0n) is 14.3. The number of piperazine rings is 1. The maximum Gasteiger partial charge on any atom is 0.101 e. The normalized spacial score (nSPS) is 18.4. The molecule has 2 aliphatic heterocycles. The van der Waals surface area contributed by atoms with E-state index >= 15 is 0 Å². The molecule has 2 aromatic carbocycles. The van der Waals surface area contributed by atoms with E-state index in [1.807, 2.05) is 12.1 Å². The molecule has 0 aliphatic carbocycles. The van der Waals surface area contributed by atoms with Gasteiger partial charge < -0.3 is 15.4 Å². The van der Waals surface area contributed by atoms with Crippen molar-refractivity contribution in [2.75, 3.05) is 45.1 Å². The van der Waals surface area contributed by atoms with Crippen LogP contribution in [0, 0.1) is 0 Å². The highest BCUT2D eigenvalue weighted by molar-refractivity contribution is 7.99. The van der Waals surface area contributed by atoms with Gasteiger partial charge in [-0.05, 0) is 31.3 Å². The Morgan fingerprint density at radius 1 is 1.08 bits per heavy atom. The predicted octanol–water partition coefficient (Wildman–Crippen LogP) is 3.32. The van der Waals surface area contributed by atoms with Crippen molar-refractivity contribution in [3.05, 3.63) is 48.0 Å². The van der Waals surface area contributed by atoms with Gasteiger partial charge in [-0.1, -0.05) is 35.1 Å². The monoisotopic (exact) mass is 354 g/mol. The number of nitrogens with zero attached hydrogens (tertiary/aromatic N) is 3. The number of oxime groups is 1. The van der Waals surface area contributed by atoms with Crippen LogP contribution in [0.15, 0.2) is 57.4 Å². The Morgan fingerprint density at radius 2 is 1.84 bits per heavy atom. The minimum Gasteiger partial charge on any atom is -0.411 e. The Morgan fingerprint density at radius 3 is 2.64 bits per heavy atom. The van der Waals surface area contributed by atoms with Crippen LogP contribution in [0.25, 0.3) is 0 Å². The van der Waals surface area contributed by atoms with E-state index < -0.39 is 0 Å². The van der Waals surface area contributed by atoms with Crippen molar-refractivity contribution in [1.82, 2.24) is 9.80 Å². The molecular weight excluding hydrogens is 332 g/mol. The fraction of sp³-hybridized carbons (Fsp3) is 0.316. The zero-order valence-corrected chi connectivity index (χ0v) is 15.1. The van der Waals surface area contributed by atoms with Crippen LogP contribution < -0.4 is 5.32 Å². The molecule has 1 fully saturated rings. The van der Waals surface area contributed by atoms with E-state index in [1.165, 1.54) is 9.79 Å². The van der Waals surface area contributed by atoms with Crippen LogP contribution >= 0.6 is 11.8 Å². The Hall–Kier alpha value is -2.02. The molecule has 0 bridgehead atoms. The second kappa shape index (κ2) is 7.07. The molecule has 25 heavy (non-hydrogen) atoms. The number of rotatable bonds is 3. The number of para-hydroxylation sites is 1. The largest absolute Gasteiger partial charge is 0.411 e. The summed E-state index contributed by atoms with van der Waals surface area (Å²) in [6, 6.07) is 14.5. The molecule has 0 atom stereocenters. The number of anilines is 2. The first-order valence-corrected chi connectivity index (χ1v) is 9.35. The van der Waals surface area contributed by atoms with E-state index in [0.29, 0.717) is 6.54 Å². The Labute approximate surface area is 152 Å². The summed E-state index contributed by atoms with van der Waals surface area (Å²) in [4.78, 5) is 7.09. The van der Waals surface area contributed by atoms with Gasteiger partial charge in [-0.2, -0.15) is 0 Å². The van der Waals surface area contributed by atoms with Gasteiger partial charge >= 0.3 is 0 Å². The van der Waals surface area contributed by atoms with Gasteiger partial charge in [0.15, 0.2) is 0 Å². The lowest BCUT2D eigenvalue weighted by Gasteiger charge is -2.32. The highest BCUT2D eigenvalue weighted by Crippen LogP contribution is 2.44. The first kappa shape index (κ1) is 16.4. The van der Waals surface area contributed by atoms with Crippen molar-refractivity contribution >= 4 is 28.8 Å². The number of nitrogens with one attached hydrogen (secondary N) is 1. The fourth-order valence-corrected chi connectivity index (χ4v) is 4.19. The van der Waals surface area contributed by atoms with Gasteiger partial charge in [-0.25, -0.2) is 0 Å². The number of hydrogen-bond donors (Lipinski definition) is 2.